The number of anilines is 1. The zero-order valence-corrected chi connectivity index (χ0v) is 12.7. The molecule has 2 amide bonds. The van der Waals surface area contributed by atoms with Gasteiger partial charge in [-0.15, -0.1) is 0 Å². The minimum atomic E-state index is -0.377. The number of methoxy groups -OCH3 is 1. The fraction of sp³-hybridized carbons (Fsp3) is 0.143. The maximum atomic E-state index is 11.8. The zero-order valence-electron chi connectivity index (χ0n) is 11.2. The maximum Gasteiger partial charge on any atom is 0.319 e. The molecule has 0 saturated carbocycles. The van der Waals surface area contributed by atoms with Crippen molar-refractivity contribution in [1.82, 2.24) is 10.3 Å². The summed E-state index contributed by atoms with van der Waals surface area (Å²) in [4.78, 5) is 15.9. The van der Waals surface area contributed by atoms with Crippen LogP contribution in [0.25, 0.3) is 0 Å². The molecule has 0 aliphatic carbocycles. The number of amides is 2. The lowest BCUT2D eigenvalue weighted by Crippen LogP contribution is -2.28. The molecule has 2 rings (SSSR count). The molecule has 0 radical (unpaired) electrons. The molecular weight excluding hydrogens is 313 g/mol. The van der Waals surface area contributed by atoms with E-state index in [9.17, 15) is 4.79 Å². The quantitative estimate of drug-likeness (QED) is 0.900. The van der Waals surface area contributed by atoms with Crippen LogP contribution in [-0.4, -0.2) is 18.1 Å². The summed E-state index contributed by atoms with van der Waals surface area (Å²) in [6.07, 6.45) is 1.66. The Bertz CT molecular complexity index is 612. The predicted molar refractivity (Wildman–Crippen MR) is 83.1 cm³/mol. The lowest BCUT2D eigenvalue weighted by Gasteiger charge is -2.10. The summed E-state index contributed by atoms with van der Waals surface area (Å²) >= 11 is 12.0. The monoisotopic (exact) mass is 325 g/mol. The van der Waals surface area contributed by atoms with Crippen molar-refractivity contribution in [2.45, 2.75) is 6.54 Å². The van der Waals surface area contributed by atoms with Gasteiger partial charge in [-0.3, -0.25) is 4.98 Å². The Kier molecular flexibility index (Phi) is 5.25. The Morgan fingerprint density at radius 3 is 2.57 bits per heavy atom. The number of hydrogen-bond donors (Lipinski definition) is 2. The minimum Gasteiger partial charge on any atom is -0.494 e. The Labute approximate surface area is 132 Å². The third-order valence-electron chi connectivity index (χ3n) is 2.62. The number of urea groups is 1. The maximum absolute atomic E-state index is 11.8. The van der Waals surface area contributed by atoms with Gasteiger partial charge in [0.05, 0.1) is 29.4 Å². The second-order valence-electron chi connectivity index (χ2n) is 4.10. The number of rotatable bonds is 4. The molecule has 1 heterocycles. The number of benzene rings is 1. The van der Waals surface area contributed by atoms with Crippen LogP contribution >= 0.6 is 23.2 Å². The molecule has 21 heavy (non-hydrogen) atoms. The van der Waals surface area contributed by atoms with Crippen molar-refractivity contribution >= 4 is 34.9 Å². The summed E-state index contributed by atoms with van der Waals surface area (Å²) in [7, 11) is 1.47. The molecule has 2 N–H and O–H groups in total. The molecule has 5 nitrogen and oxygen atoms in total. The largest absolute Gasteiger partial charge is 0.494 e. The van der Waals surface area contributed by atoms with Crippen molar-refractivity contribution in [1.29, 1.82) is 0 Å². The lowest BCUT2D eigenvalue weighted by molar-refractivity contribution is 0.251. The van der Waals surface area contributed by atoms with Gasteiger partial charge in [-0.1, -0.05) is 29.3 Å². The molecule has 2 aromatic rings. The SMILES string of the molecule is COc1c(Cl)cc(NC(=O)NCc2ccccn2)cc1Cl. The summed E-state index contributed by atoms with van der Waals surface area (Å²) in [6, 6.07) is 8.23. The van der Waals surface area contributed by atoms with E-state index in [1.807, 2.05) is 18.2 Å². The summed E-state index contributed by atoms with van der Waals surface area (Å²) in [6.45, 7) is 0.324. The Morgan fingerprint density at radius 1 is 1.29 bits per heavy atom. The number of carbonyl (C=O) groups is 1. The number of nitrogens with zero attached hydrogens (tertiary/aromatic N) is 1. The number of aromatic nitrogens is 1. The van der Waals surface area contributed by atoms with Crippen molar-refractivity contribution in [3.63, 3.8) is 0 Å². The van der Waals surface area contributed by atoms with Crippen molar-refractivity contribution in [2.75, 3.05) is 12.4 Å². The smallest absolute Gasteiger partial charge is 0.319 e. The number of hydrogen-bond acceptors (Lipinski definition) is 3. The lowest BCUT2D eigenvalue weighted by atomic mass is 10.3. The highest BCUT2D eigenvalue weighted by Crippen LogP contribution is 2.35. The van der Waals surface area contributed by atoms with Gasteiger partial charge in [0.2, 0.25) is 0 Å². The number of pyridine rings is 1. The first-order valence-corrected chi connectivity index (χ1v) is 6.83. The van der Waals surface area contributed by atoms with Gasteiger partial charge in [0.25, 0.3) is 0 Å². The van der Waals surface area contributed by atoms with E-state index in [0.717, 1.165) is 5.69 Å². The molecule has 0 fully saturated rings. The molecule has 0 spiro atoms. The van der Waals surface area contributed by atoms with Crippen LogP contribution < -0.4 is 15.4 Å². The fourth-order valence-corrected chi connectivity index (χ4v) is 2.32. The summed E-state index contributed by atoms with van der Waals surface area (Å²) < 4.78 is 5.04. The molecule has 0 atom stereocenters. The van der Waals surface area contributed by atoms with Crippen LogP contribution in [0.15, 0.2) is 36.5 Å². The first kappa shape index (κ1) is 15.4. The molecule has 0 aliphatic rings. The van der Waals surface area contributed by atoms with Crippen LogP contribution in [0, 0.1) is 0 Å². The molecule has 110 valence electrons. The van der Waals surface area contributed by atoms with Gasteiger partial charge >= 0.3 is 6.03 Å². The van der Waals surface area contributed by atoms with Crippen molar-refractivity contribution < 1.29 is 9.53 Å². The van der Waals surface area contributed by atoms with E-state index in [2.05, 4.69) is 15.6 Å². The summed E-state index contributed by atoms with van der Waals surface area (Å²) in [5.41, 5.74) is 1.24. The number of halogens is 2. The third-order valence-corrected chi connectivity index (χ3v) is 3.18. The van der Waals surface area contributed by atoms with E-state index in [0.29, 0.717) is 28.0 Å². The minimum absolute atomic E-state index is 0.324. The van der Waals surface area contributed by atoms with E-state index in [1.165, 1.54) is 7.11 Å². The summed E-state index contributed by atoms with van der Waals surface area (Å²) in [5, 5.41) is 5.98. The Morgan fingerprint density at radius 2 is 2.00 bits per heavy atom. The number of ether oxygens (including phenoxy) is 1. The molecule has 0 aliphatic heterocycles. The third kappa shape index (κ3) is 4.24. The van der Waals surface area contributed by atoms with Gasteiger partial charge in [0.1, 0.15) is 0 Å². The van der Waals surface area contributed by atoms with E-state index in [-0.39, 0.29) is 6.03 Å². The Balaban J connectivity index is 1.97. The molecule has 0 saturated heterocycles. The average molecular weight is 326 g/mol. The average Bonchev–Trinajstić information content (AvgIpc) is 2.46. The summed E-state index contributed by atoms with van der Waals surface area (Å²) in [5.74, 6) is 0.373. The predicted octanol–water partition coefficient (Wildman–Crippen LogP) is 3.72. The number of carbonyl (C=O) groups excluding carboxylic acids is 1. The highest BCUT2D eigenvalue weighted by molar-refractivity contribution is 6.37. The van der Waals surface area contributed by atoms with Gasteiger partial charge in [-0.05, 0) is 24.3 Å². The van der Waals surface area contributed by atoms with E-state index in [4.69, 9.17) is 27.9 Å². The Hall–Kier alpha value is -1.98. The fourth-order valence-electron chi connectivity index (χ4n) is 1.68. The number of nitrogens with one attached hydrogen (secondary N) is 2. The van der Waals surface area contributed by atoms with Crippen LogP contribution in [0.4, 0.5) is 10.5 Å². The van der Waals surface area contributed by atoms with Crippen LogP contribution in [0.2, 0.25) is 10.0 Å². The van der Waals surface area contributed by atoms with E-state index in [1.54, 1.807) is 18.3 Å². The topological polar surface area (TPSA) is 63.2 Å². The van der Waals surface area contributed by atoms with Gasteiger partial charge in [0, 0.05) is 11.9 Å². The van der Waals surface area contributed by atoms with E-state index < -0.39 is 0 Å². The molecule has 1 aromatic heterocycles. The van der Waals surface area contributed by atoms with Crippen molar-refractivity contribution in [2.24, 2.45) is 0 Å². The standard InChI is InChI=1S/C14H13Cl2N3O2/c1-21-13-11(15)6-10(7-12(13)16)19-14(20)18-8-9-4-2-3-5-17-9/h2-7H,8H2,1H3,(H2,18,19,20). The normalized spacial score (nSPS) is 10.0. The van der Waals surface area contributed by atoms with Crippen LogP contribution in [0.5, 0.6) is 5.75 Å². The first-order valence-electron chi connectivity index (χ1n) is 6.08. The van der Waals surface area contributed by atoms with Gasteiger partial charge in [-0.2, -0.15) is 0 Å². The molecule has 0 unspecified atom stereocenters. The van der Waals surface area contributed by atoms with Gasteiger partial charge in [0.15, 0.2) is 5.75 Å². The van der Waals surface area contributed by atoms with Gasteiger partial charge < -0.3 is 15.4 Å². The second-order valence-corrected chi connectivity index (χ2v) is 4.92. The highest BCUT2D eigenvalue weighted by Gasteiger charge is 2.10. The molecule has 0 bridgehead atoms. The van der Waals surface area contributed by atoms with Crippen LogP contribution in [0.3, 0.4) is 0 Å². The zero-order chi connectivity index (χ0) is 15.2. The second kappa shape index (κ2) is 7.15. The van der Waals surface area contributed by atoms with Crippen LogP contribution in [-0.2, 0) is 6.54 Å². The van der Waals surface area contributed by atoms with Crippen molar-refractivity contribution in [3.8, 4) is 5.75 Å². The van der Waals surface area contributed by atoms with E-state index >= 15 is 0 Å². The van der Waals surface area contributed by atoms with Crippen LogP contribution in [0.1, 0.15) is 5.69 Å². The first-order chi connectivity index (χ1) is 10.1. The molecular formula is C14H13Cl2N3O2. The molecule has 1 aromatic carbocycles. The van der Waals surface area contributed by atoms with Crippen molar-refractivity contribution in [3.05, 3.63) is 52.3 Å². The van der Waals surface area contributed by atoms with Gasteiger partial charge in [-0.25, -0.2) is 4.79 Å². The molecule has 7 heteroatoms. The highest BCUT2D eigenvalue weighted by atomic mass is 35.5.